The van der Waals surface area contributed by atoms with Crippen LogP contribution in [0, 0.1) is 0 Å². The van der Waals surface area contributed by atoms with E-state index in [4.69, 9.17) is 0 Å². The molecule has 0 saturated heterocycles. The van der Waals surface area contributed by atoms with Crippen molar-refractivity contribution in [1.29, 1.82) is 0 Å². The lowest BCUT2D eigenvalue weighted by molar-refractivity contribution is 0.660. The Hall–Kier alpha value is -8.06. The predicted octanol–water partition coefficient (Wildman–Crippen LogP) is 17.5. The Bertz CT molecular complexity index is 3900. The molecule has 308 valence electrons. The first-order chi connectivity index (χ1) is 32.5. The third-order valence-electron chi connectivity index (χ3n) is 15.5. The molecule has 0 heteroatoms. The van der Waals surface area contributed by atoms with Gasteiger partial charge in [0.05, 0.1) is 5.41 Å². The maximum Gasteiger partial charge on any atom is 0.0720 e. The van der Waals surface area contributed by atoms with Gasteiger partial charge in [0.15, 0.2) is 0 Å². The van der Waals surface area contributed by atoms with Gasteiger partial charge in [0.2, 0.25) is 0 Å². The van der Waals surface area contributed by atoms with Gasteiger partial charge in [-0.15, -0.1) is 0 Å². The molecule has 66 heavy (non-hydrogen) atoms. The van der Waals surface area contributed by atoms with E-state index >= 15 is 0 Å². The van der Waals surface area contributed by atoms with Crippen LogP contribution in [0.15, 0.2) is 231 Å². The largest absolute Gasteiger partial charge is 0.0720 e. The molecule has 0 bridgehead atoms. The average molecular weight is 837 g/mol. The van der Waals surface area contributed by atoms with Gasteiger partial charge in [-0.2, -0.15) is 0 Å². The fourth-order valence-corrected chi connectivity index (χ4v) is 12.8. The second kappa shape index (κ2) is 13.7. The summed E-state index contributed by atoms with van der Waals surface area (Å²) in [5, 5.41) is 12.7. The summed E-state index contributed by atoms with van der Waals surface area (Å²) < 4.78 is 0. The summed E-state index contributed by atoms with van der Waals surface area (Å²) in [5.41, 5.74) is 17.7. The van der Waals surface area contributed by atoms with Gasteiger partial charge in [-0.05, 0) is 144 Å². The van der Waals surface area contributed by atoms with Crippen molar-refractivity contribution in [3.63, 3.8) is 0 Å². The van der Waals surface area contributed by atoms with Gasteiger partial charge in [0.1, 0.15) is 0 Å². The fourth-order valence-electron chi connectivity index (χ4n) is 12.8. The van der Waals surface area contributed by atoms with E-state index in [0.717, 1.165) is 0 Å². The Morgan fingerprint density at radius 2 is 0.682 bits per heavy atom. The van der Waals surface area contributed by atoms with Crippen LogP contribution < -0.4 is 0 Å². The Morgan fingerprint density at radius 1 is 0.258 bits per heavy atom. The van der Waals surface area contributed by atoms with E-state index in [1.807, 2.05) is 0 Å². The maximum atomic E-state index is 2.62. The molecule has 0 saturated carbocycles. The molecule has 12 aromatic carbocycles. The summed E-state index contributed by atoms with van der Waals surface area (Å²) in [5.74, 6) is 0. The molecule has 0 heterocycles. The van der Waals surface area contributed by atoms with Crippen molar-refractivity contribution < 1.29 is 0 Å². The molecule has 2 aliphatic rings. The van der Waals surface area contributed by atoms with Gasteiger partial charge >= 0.3 is 0 Å². The number of fused-ring (bicyclic) bond motifs is 15. The normalized spacial score (nSPS) is 14.2. The second-order valence-corrected chi connectivity index (χ2v) is 19.0. The Morgan fingerprint density at radius 3 is 1.27 bits per heavy atom. The minimum Gasteiger partial charge on any atom is -0.0622 e. The molecule has 0 amide bonds. The highest BCUT2D eigenvalue weighted by molar-refractivity contribution is 6.27. The Kier molecular flexibility index (Phi) is 7.76. The van der Waals surface area contributed by atoms with Crippen LogP contribution in [0.2, 0.25) is 0 Å². The van der Waals surface area contributed by atoms with Gasteiger partial charge in [0.25, 0.3) is 0 Å². The zero-order valence-electron chi connectivity index (χ0n) is 36.9. The van der Waals surface area contributed by atoms with Gasteiger partial charge in [0, 0.05) is 5.41 Å². The van der Waals surface area contributed by atoms with Crippen molar-refractivity contribution in [3.05, 3.63) is 264 Å². The lowest BCUT2D eigenvalue weighted by Gasteiger charge is -2.35. The summed E-state index contributed by atoms with van der Waals surface area (Å²) in [6, 6.07) is 87.3. The summed E-state index contributed by atoms with van der Waals surface area (Å²) in [6.45, 7) is 4.77. The van der Waals surface area contributed by atoms with E-state index in [2.05, 4.69) is 244 Å². The number of rotatable bonds is 4. The topological polar surface area (TPSA) is 0 Å². The fraction of sp³-hybridized carbons (Fsp3) is 0.0606. The minimum atomic E-state index is -0.629. The molecule has 0 atom stereocenters. The zero-order chi connectivity index (χ0) is 43.7. The summed E-state index contributed by atoms with van der Waals surface area (Å²) in [4.78, 5) is 0. The average Bonchev–Trinajstić information content (AvgIpc) is 3.82. The second-order valence-electron chi connectivity index (χ2n) is 19.0. The van der Waals surface area contributed by atoms with Crippen molar-refractivity contribution >= 4 is 53.9 Å². The number of hydrogen-bond acceptors (Lipinski definition) is 0. The van der Waals surface area contributed by atoms with Crippen molar-refractivity contribution in [2.24, 2.45) is 0 Å². The standard InChI is InChI=1S/C66H44/c1-65(2)57-36-20-19-28-47(57)48-38-37-41(39-58(48)65)60-51-31-14-16-33-53(51)61(54-34-17-15-32-52(54)60)56-40-59-62(49-29-12-10-27-46(49)56)63-50-30-13-9-25-44(50)45-26-11-18-35-55(45)64(63)66(59,42-21-5-3-6-22-42)43-23-7-4-8-24-43/h3-40H,1-2H3. The highest BCUT2D eigenvalue weighted by atomic mass is 14.5. The van der Waals surface area contributed by atoms with Crippen LogP contribution in [0.25, 0.3) is 98.4 Å². The van der Waals surface area contributed by atoms with Gasteiger partial charge in [-0.3, -0.25) is 0 Å². The molecule has 0 fully saturated rings. The van der Waals surface area contributed by atoms with E-state index < -0.39 is 5.41 Å². The number of hydrogen-bond donors (Lipinski definition) is 0. The first-order valence-electron chi connectivity index (χ1n) is 23.4. The lowest BCUT2D eigenvalue weighted by atomic mass is 9.66. The molecule has 2 aliphatic carbocycles. The van der Waals surface area contributed by atoms with E-state index in [1.165, 1.54) is 132 Å². The van der Waals surface area contributed by atoms with Gasteiger partial charge in [-0.1, -0.05) is 232 Å². The Labute approximate surface area is 385 Å². The molecular formula is C66H44. The molecule has 0 aliphatic heterocycles. The van der Waals surface area contributed by atoms with E-state index in [0.29, 0.717) is 0 Å². The quantitative estimate of drug-likeness (QED) is 0.122. The maximum absolute atomic E-state index is 2.62. The van der Waals surface area contributed by atoms with E-state index in [1.54, 1.807) is 0 Å². The molecule has 0 spiro atoms. The molecular weight excluding hydrogens is 793 g/mol. The molecule has 0 radical (unpaired) electrons. The van der Waals surface area contributed by atoms with Crippen LogP contribution in [-0.4, -0.2) is 0 Å². The van der Waals surface area contributed by atoms with Crippen molar-refractivity contribution in [2.75, 3.05) is 0 Å². The summed E-state index contributed by atoms with van der Waals surface area (Å²) in [6.07, 6.45) is 0. The third-order valence-corrected chi connectivity index (χ3v) is 15.5. The smallest absolute Gasteiger partial charge is 0.0622 e. The van der Waals surface area contributed by atoms with Gasteiger partial charge < -0.3 is 0 Å². The zero-order valence-corrected chi connectivity index (χ0v) is 36.9. The van der Waals surface area contributed by atoms with E-state index in [9.17, 15) is 0 Å². The van der Waals surface area contributed by atoms with Crippen LogP contribution in [0.5, 0.6) is 0 Å². The van der Waals surface area contributed by atoms with Crippen LogP contribution >= 0.6 is 0 Å². The monoisotopic (exact) mass is 836 g/mol. The van der Waals surface area contributed by atoms with Crippen molar-refractivity contribution in [1.82, 2.24) is 0 Å². The third kappa shape index (κ3) is 4.83. The molecule has 0 aromatic heterocycles. The molecule has 0 N–H and O–H groups in total. The summed E-state index contributed by atoms with van der Waals surface area (Å²) in [7, 11) is 0. The molecule has 14 rings (SSSR count). The highest BCUT2D eigenvalue weighted by Gasteiger charge is 2.49. The SMILES string of the molecule is CC1(C)c2ccccc2-c2ccc(-c3c4ccccc4c(-c4cc5c(c6ccccc46)-c4c(c6ccccc6c6ccccc46)C5(c4ccccc4)c4ccccc4)c4ccccc34)cc21. The lowest BCUT2D eigenvalue weighted by Crippen LogP contribution is -2.29. The van der Waals surface area contributed by atoms with Crippen LogP contribution in [0.4, 0.5) is 0 Å². The molecule has 0 nitrogen and oxygen atoms in total. The number of benzene rings is 12. The first kappa shape index (κ1) is 37.3. The molecule has 0 unspecified atom stereocenters. The van der Waals surface area contributed by atoms with E-state index in [-0.39, 0.29) is 5.41 Å². The highest BCUT2D eigenvalue weighted by Crippen LogP contribution is 2.63. The van der Waals surface area contributed by atoms with Crippen LogP contribution in [0.3, 0.4) is 0 Å². The summed E-state index contributed by atoms with van der Waals surface area (Å²) >= 11 is 0. The van der Waals surface area contributed by atoms with Crippen LogP contribution in [-0.2, 0) is 10.8 Å². The Balaban J connectivity index is 1.14. The van der Waals surface area contributed by atoms with Gasteiger partial charge in [-0.25, -0.2) is 0 Å². The first-order valence-corrected chi connectivity index (χ1v) is 23.4. The predicted molar refractivity (Wildman–Crippen MR) is 280 cm³/mol. The van der Waals surface area contributed by atoms with Crippen molar-refractivity contribution in [2.45, 2.75) is 24.7 Å². The molecule has 12 aromatic rings. The van der Waals surface area contributed by atoms with Crippen LogP contribution in [0.1, 0.15) is 47.2 Å². The van der Waals surface area contributed by atoms with Crippen molar-refractivity contribution in [3.8, 4) is 44.5 Å². The minimum absolute atomic E-state index is 0.102.